The number of aryl methyl sites for hydroxylation is 1. The molecule has 0 atom stereocenters. The van der Waals surface area contributed by atoms with Gasteiger partial charge in [-0.15, -0.1) is 0 Å². The fourth-order valence-electron chi connectivity index (χ4n) is 1.82. The molecule has 0 bridgehead atoms. The number of benzene rings is 2. The van der Waals surface area contributed by atoms with Crippen LogP contribution in [0.15, 0.2) is 48.5 Å². The Morgan fingerprint density at radius 1 is 1.10 bits per heavy atom. The highest BCUT2D eigenvalue weighted by Gasteiger charge is 2.08. The average Bonchev–Trinajstić information content (AvgIpc) is 2.44. The molecule has 21 heavy (non-hydrogen) atoms. The first-order chi connectivity index (χ1) is 9.94. The first-order valence-corrected chi connectivity index (χ1v) is 6.97. The smallest absolute Gasteiger partial charge is 0.135 e. The Morgan fingerprint density at radius 3 is 2.48 bits per heavy atom. The van der Waals surface area contributed by atoms with Gasteiger partial charge in [-0.05, 0) is 44.0 Å². The quantitative estimate of drug-likeness (QED) is 0.869. The van der Waals surface area contributed by atoms with E-state index in [9.17, 15) is 5.11 Å². The number of ether oxygens (including phenoxy) is 1. The molecule has 0 radical (unpaired) electrons. The Balaban J connectivity index is 2.20. The van der Waals surface area contributed by atoms with Gasteiger partial charge in [-0.3, -0.25) is 0 Å². The first-order valence-electron chi connectivity index (χ1n) is 6.97. The zero-order chi connectivity index (χ0) is 15.3. The van der Waals surface area contributed by atoms with Crippen LogP contribution in [0.3, 0.4) is 0 Å². The van der Waals surface area contributed by atoms with Crippen LogP contribution in [-0.4, -0.2) is 10.7 Å². The van der Waals surface area contributed by atoms with Crippen molar-refractivity contribution < 1.29 is 9.84 Å². The molecule has 2 rings (SSSR count). The van der Waals surface area contributed by atoms with Crippen molar-refractivity contribution in [2.45, 2.75) is 33.0 Å². The van der Waals surface area contributed by atoms with E-state index in [4.69, 9.17) is 4.74 Å². The summed E-state index contributed by atoms with van der Waals surface area (Å²) in [6, 6.07) is 15.9. The van der Waals surface area contributed by atoms with Crippen molar-refractivity contribution in [2.24, 2.45) is 0 Å². The van der Waals surface area contributed by atoms with Crippen molar-refractivity contribution in [3.8, 4) is 17.6 Å². The summed E-state index contributed by atoms with van der Waals surface area (Å²) in [5.41, 5.74) is 2.01. The van der Waals surface area contributed by atoms with Crippen molar-refractivity contribution in [1.82, 2.24) is 0 Å². The molecular formula is C19H20O2. The van der Waals surface area contributed by atoms with Crippen LogP contribution in [0.1, 0.15) is 30.5 Å². The summed E-state index contributed by atoms with van der Waals surface area (Å²) in [5.74, 6) is 6.57. The highest BCUT2D eigenvalue weighted by atomic mass is 16.5. The van der Waals surface area contributed by atoms with E-state index in [1.165, 1.54) is 0 Å². The molecule has 0 aliphatic carbocycles. The van der Waals surface area contributed by atoms with Crippen LogP contribution < -0.4 is 4.74 Å². The van der Waals surface area contributed by atoms with E-state index in [1.54, 1.807) is 13.8 Å². The van der Waals surface area contributed by atoms with Gasteiger partial charge in [-0.2, -0.15) is 0 Å². The summed E-state index contributed by atoms with van der Waals surface area (Å²) in [4.78, 5) is 0. The van der Waals surface area contributed by atoms with Crippen molar-refractivity contribution >= 4 is 0 Å². The number of hydrogen-bond acceptors (Lipinski definition) is 2. The average molecular weight is 280 g/mol. The Labute approximate surface area is 126 Å². The Bertz CT molecular complexity index is 655. The Morgan fingerprint density at radius 2 is 1.81 bits per heavy atom. The van der Waals surface area contributed by atoms with Gasteiger partial charge in [-0.1, -0.05) is 48.2 Å². The molecule has 108 valence electrons. The molecule has 0 unspecified atom stereocenters. The summed E-state index contributed by atoms with van der Waals surface area (Å²) in [7, 11) is 0. The lowest BCUT2D eigenvalue weighted by Gasteiger charge is -2.10. The van der Waals surface area contributed by atoms with Gasteiger partial charge in [0, 0.05) is 0 Å². The van der Waals surface area contributed by atoms with Gasteiger partial charge in [0.1, 0.15) is 18.0 Å². The summed E-state index contributed by atoms with van der Waals surface area (Å²) >= 11 is 0. The molecule has 0 amide bonds. The van der Waals surface area contributed by atoms with E-state index in [1.807, 2.05) is 55.5 Å². The van der Waals surface area contributed by atoms with Crippen molar-refractivity contribution in [1.29, 1.82) is 0 Å². The molecular weight excluding hydrogens is 260 g/mol. The molecule has 0 aliphatic heterocycles. The zero-order valence-electron chi connectivity index (χ0n) is 12.7. The second-order valence-electron chi connectivity index (χ2n) is 5.58. The molecule has 0 aromatic heterocycles. The van der Waals surface area contributed by atoms with Crippen molar-refractivity contribution in [3.05, 3.63) is 65.2 Å². The third-order valence-corrected chi connectivity index (χ3v) is 2.88. The summed E-state index contributed by atoms with van der Waals surface area (Å²) in [6.07, 6.45) is 0. The minimum Gasteiger partial charge on any atom is -0.488 e. The fourth-order valence-corrected chi connectivity index (χ4v) is 1.82. The molecule has 2 nitrogen and oxygen atoms in total. The highest BCUT2D eigenvalue weighted by molar-refractivity contribution is 5.48. The van der Waals surface area contributed by atoms with Crippen LogP contribution in [0, 0.1) is 18.8 Å². The molecule has 2 aromatic rings. The fraction of sp³-hybridized carbons (Fsp3) is 0.263. The van der Waals surface area contributed by atoms with E-state index < -0.39 is 5.60 Å². The number of hydrogen-bond donors (Lipinski definition) is 1. The SMILES string of the molecule is Cc1ccc(OCc2ccccc2)c(C#CC(C)(C)O)c1. The highest BCUT2D eigenvalue weighted by Crippen LogP contribution is 2.20. The first kappa shape index (κ1) is 15.2. The monoisotopic (exact) mass is 280 g/mol. The molecule has 0 spiro atoms. The van der Waals surface area contributed by atoms with Crippen LogP contribution in [0.5, 0.6) is 5.75 Å². The zero-order valence-corrected chi connectivity index (χ0v) is 12.7. The van der Waals surface area contributed by atoms with Gasteiger partial charge in [0.15, 0.2) is 0 Å². The predicted molar refractivity (Wildman–Crippen MR) is 85.1 cm³/mol. The topological polar surface area (TPSA) is 29.5 Å². The number of rotatable bonds is 3. The second kappa shape index (κ2) is 6.47. The van der Waals surface area contributed by atoms with E-state index in [-0.39, 0.29) is 0 Å². The third-order valence-electron chi connectivity index (χ3n) is 2.88. The van der Waals surface area contributed by atoms with Gasteiger partial charge in [-0.25, -0.2) is 0 Å². The lowest BCUT2D eigenvalue weighted by Crippen LogP contribution is -2.14. The van der Waals surface area contributed by atoms with E-state index in [2.05, 4.69) is 11.8 Å². The van der Waals surface area contributed by atoms with Gasteiger partial charge in [0.05, 0.1) is 5.56 Å². The predicted octanol–water partition coefficient (Wildman–Crippen LogP) is 3.70. The lowest BCUT2D eigenvalue weighted by molar-refractivity contribution is 0.143. The third kappa shape index (κ3) is 4.98. The molecule has 0 heterocycles. The van der Waals surface area contributed by atoms with Gasteiger partial charge in [0.25, 0.3) is 0 Å². The summed E-state index contributed by atoms with van der Waals surface area (Å²) in [5, 5.41) is 9.73. The molecule has 0 saturated heterocycles. The van der Waals surface area contributed by atoms with Crippen molar-refractivity contribution in [3.63, 3.8) is 0 Å². The lowest BCUT2D eigenvalue weighted by atomic mass is 10.1. The maximum absolute atomic E-state index is 9.73. The van der Waals surface area contributed by atoms with Gasteiger partial charge >= 0.3 is 0 Å². The Kier molecular flexibility index (Phi) is 4.67. The number of aliphatic hydroxyl groups is 1. The van der Waals surface area contributed by atoms with Gasteiger partial charge in [0.2, 0.25) is 0 Å². The Hall–Kier alpha value is -2.24. The van der Waals surface area contributed by atoms with Crippen LogP contribution in [0.4, 0.5) is 0 Å². The summed E-state index contributed by atoms with van der Waals surface area (Å²) in [6.45, 7) is 5.85. The molecule has 2 aromatic carbocycles. The molecule has 0 saturated carbocycles. The maximum atomic E-state index is 9.73. The summed E-state index contributed by atoms with van der Waals surface area (Å²) < 4.78 is 5.86. The van der Waals surface area contributed by atoms with E-state index in [0.717, 1.165) is 22.4 Å². The van der Waals surface area contributed by atoms with E-state index in [0.29, 0.717) is 6.61 Å². The van der Waals surface area contributed by atoms with Crippen LogP contribution in [0.25, 0.3) is 0 Å². The maximum Gasteiger partial charge on any atom is 0.135 e. The molecule has 0 fully saturated rings. The standard InChI is InChI=1S/C19H20O2/c1-15-9-10-18(17(13-15)11-12-19(2,3)20)21-14-16-7-5-4-6-8-16/h4-10,13,20H,14H2,1-3H3. The molecule has 0 aliphatic rings. The van der Waals surface area contributed by atoms with Crippen molar-refractivity contribution in [2.75, 3.05) is 0 Å². The van der Waals surface area contributed by atoms with Crippen LogP contribution >= 0.6 is 0 Å². The van der Waals surface area contributed by atoms with Gasteiger partial charge < -0.3 is 9.84 Å². The van der Waals surface area contributed by atoms with Crippen LogP contribution in [-0.2, 0) is 6.61 Å². The molecule has 2 heteroatoms. The normalized spacial score (nSPS) is 10.7. The minimum absolute atomic E-state index is 0.501. The van der Waals surface area contributed by atoms with E-state index >= 15 is 0 Å². The minimum atomic E-state index is -1.01. The second-order valence-corrected chi connectivity index (χ2v) is 5.58. The van der Waals surface area contributed by atoms with Crippen LogP contribution in [0.2, 0.25) is 0 Å². The largest absolute Gasteiger partial charge is 0.488 e. The molecule has 1 N–H and O–H groups in total.